The minimum absolute atomic E-state index is 0.296. The molecular weight excluding hydrogens is 306 g/mol. The number of esters is 1. The molecule has 0 heterocycles. The summed E-state index contributed by atoms with van der Waals surface area (Å²) >= 11 is 0. The Balaban J connectivity index is 1.94. The highest BCUT2D eigenvalue weighted by molar-refractivity contribution is 6.01. The molecule has 1 amide bonds. The van der Waals surface area contributed by atoms with Gasteiger partial charge in [-0.3, -0.25) is 9.59 Å². The Morgan fingerprint density at radius 2 is 1.46 bits per heavy atom. The molecule has 124 valence electrons. The number of hydrogen-bond acceptors (Lipinski definition) is 4. The maximum atomic E-state index is 11.6. The summed E-state index contributed by atoms with van der Waals surface area (Å²) in [5.41, 5.74) is 2.69. The number of amides is 1. The van der Waals surface area contributed by atoms with Crippen LogP contribution in [-0.4, -0.2) is 26.1 Å². The van der Waals surface area contributed by atoms with Crippen LogP contribution in [0.15, 0.2) is 48.5 Å². The van der Waals surface area contributed by atoms with Gasteiger partial charge in [0.2, 0.25) is 5.91 Å². The number of methoxy groups -OCH3 is 2. The van der Waals surface area contributed by atoms with Gasteiger partial charge in [0, 0.05) is 5.69 Å². The van der Waals surface area contributed by atoms with E-state index in [1.807, 2.05) is 48.6 Å². The first-order chi connectivity index (χ1) is 11.6. The Labute approximate surface area is 140 Å². The number of nitrogens with one attached hydrogen (secondary N) is 1. The van der Waals surface area contributed by atoms with E-state index in [4.69, 9.17) is 4.74 Å². The minimum Gasteiger partial charge on any atom is -0.497 e. The average Bonchev–Trinajstić information content (AvgIpc) is 2.61. The molecule has 0 spiro atoms. The lowest BCUT2D eigenvalue weighted by Crippen LogP contribution is -2.17. The molecule has 0 aliphatic rings. The molecule has 0 aliphatic heterocycles. The number of hydrogen-bond donors (Lipinski definition) is 1. The number of rotatable bonds is 6. The molecular formula is C19H19NO4. The van der Waals surface area contributed by atoms with Crippen LogP contribution in [0.3, 0.4) is 0 Å². The van der Waals surface area contributed by atoms with Crippen molar-refractivity contribution in [1.29, 1.82) is 0 Å². The first-order valence-electron chi connectivity index (χ1n) is 7.39. The van der Waals surface area contributed by atoms with E-state index in [9.17, 15) is 9.59 Å². The largest absolute Gasteiger partial charge is 0.497 e. The van der Waals surface area contributed by atoms with Gasteiger partial charge >= 0.3 is 5.97 Å². The summed E-state index contributed by atoms with van der Waals surface area (Å²) in [5.74, 6) is -0.144. The molecule has 0 aliphatic carbocycles. The molecule has 5 heteroatoms. The van der Waals surface area contributed by atoms with Gasteiger partial charge in [-0.2, -0.15) is 0 Å². The number of benzene rings is 2. The zero-order valence-electron chi connectivity index (χ0n) is 13.6. The van der Waals surface area contributed by atoms with E-state index < -0.39 is 11.9 Å². The highest BCUT2D eigenvalue weighted by Crippen LogP contribution is 2.15. The molecule has 0 saturated carbocycles. The van der Waals surface area contributed by atoms with Gasteiger partial charge in [0.1, 0.15) is 12.2 Å². The Bertz CT molecular complexity index is 718. The lowest BCUT2D eigenvalue weighted by atomic mass is 10.1. The number of carbonyl (C=O) groups excluding carboxylic acids is 2. The Morgan fingerprint density at radius 1 is 0.917 bits per heavy atom. The third-order valence-corrected chi connectivity index (χ3v) is 3.31. The molecule has 0 radical (unpaired) electrons. The predicted octanol–water partition coefficient (Wildman–Crippen LogP) is 3.37. The van der Waals surface area contributed by atoms with E-state index in [-0.39, 0.29) is 6.42 Å². The Morgan fingerprint density at radius 3 is 1.96 bits per heavy atom. The maximum absolute atomic E-state index is 11.6. The topological polar surface area (TPSA) is 64.6 Å². The average molecular weight is 325 g/mol. The van der Waals surface area contributed by atoms with Crippen molar-refractivity contribution in [2.24, 2.45) is 0 Å². The zero-order valence-corrected chi connectivity index (χ0v) is 13.6. The molecule has 1 N–H and O–H groups in total. The van der Waals surface area contributed by atoms with Crippen molar-refractivity contribution in [3.63, 3.8) is 0 Å². The summed E-state index contributed by atoms with van der Waals surface area (Å²) < 4.78 is 9.57. The molecule has 2 rings (SSSR count). The molecule has 0 unspecified atom stereocenters. The van der Waals surface area contributed by atoms with Crippen molar-refractivity contribution in [2.75, 3.05) is 19.5 Å². The van der Waals surface area contributed by atoms with Crippen molar-refractivity contribution in [3.8, 4) is 5.75 Å². The molecule has 0 atom stereocenters. The van der Waals surface area contributed by atoms with Crippen LogP contribution in [-0.2, 0) is 14.3 Å². The van der Waals surface area contributed by atoms with Crippen molar-refractivity contribution in [2.45, 2.75) is 6.42 Å². The van der Waals surface area contributed by atoms with Crippen LogP contribution in [0.2, 0.25) is 0 Å². The van der Waals surface area contributed by atoms with Crippen molar-refractivity contribution < 1.29 is 19.1 Å². The SMILES string of the molecule is COC(=O)CC(=O)Nc1ccc(C=Cc2ccc(OC)cc2)cc1. The second-order valence-electron chi connectivity index (χ2n) is 5.03. The standard InChI is InChI=1S/C19H19NO4/c1-23-17-11-7-15(8-12-17)4-3-14-5-9-16(10-6-14)20-18(21)13-19(22)24-2/h3-12H,13H2,1-2H3,(H,20,21). The van der Waals surface area contributed by atoms with Crippen LogP contribution in [0, 0.1) is 0 Å². The Kier molecular flexibility index (Phi) is 6.14. The minimum atomic E-state index is -0.563. The highest BCUT2D eigenvalue weighted by atomic mass is 16.5. The highest BCUT2D eigenvalue weighted by Gasteiger charge is 2.09. The summed E-state index contributed by atoms with van der Waals surface area (Å²) in [7, 11) is 2.88. The van der Waals surface area contributed by atoms with Gasteiger partial charge in [0.15, 0.2) is 0 Å². The molecule has 0 fully saturated rings. The molecule has 0 bridgehead atoms. The smallest absolute Gasteiger partial charge is 0.315 e. The number of ether oxygens (including phenoxy) is 2. The normalized spacial score (nSPS) is 10.4. The van der Waals surface area contributed by atoms with Crippen LogP contribution in [0.5, 0.6) is 5.75 Å². The van der Waals surface area contributed by atoms with Gasteiger partial charge < -0.3 is 14.8 Å². The lowest BCUT2D eigenvalue weighted by Gasteiger charge is -2.04. The summed E-state index contributed by atoms with van der Waals surface area (Å²) in [5, 5.41) is 2.64. The van der Waals surface area contributed by atoms with Gasteiger partial charge in [-0.15, -0.1) is 0 Å². The number of anilines is 1. The van der Waals surface area contributed by atoms with Crippen LogP contribution in [0.25, 0.3) is 12.2 Å². The lowest BCUT2D eigenvalue weighted by molar-refractivity contribution is -0.142. The molecule has 5 nitrogen and oxygen atoms in total. The van der Waals surface area contributed by atoms with Gasteiger partial charge in [-0.05, 0) is 35.4 Å². The molecule has 0 aromatic heterocycles. The predicted molar refractivity (Wildman–Crippen MR) is 93.6 cm³/mol. The maximum Gasteiger partial charge on any atom is 0.315 e. The van der Waals surface area contributed by atoms with E-state index in [0.29, 0.717) is 5.69 Å². The van der Waals surface area contributed by atoms with Crippen LogP contribution in [0.4, 0.5) is 5.69 Å². The molecule has 0 saturated heterocycles. The first kappa shape index (κ1) is 17.3. The second-order valence-corrected chi connectivity index (χ2v) is 5.03. The van der Waals surface area contributed by atoms with E-state index in [1.54, 1.807) is 19.2 Å². The molecule has 24 heavy (non-hydrogen) atoms. The number of carbonyl (C=O) groups is 2. The van der Waals surface area contributed by atoms with E-state index in [1.165, 1.54) is 7.11 Å². The summed E-state index contributed by atoms with van der Waals surface area (Å²) in [4.78, 5) is 22.6. The Hall–Kier alpha value is -3.08. The first-order valence-corrected chi connectivity index (χ1v) is 7.39. The summed E-state index contributed by atoms with van der Waals surface area (Å²) in [6.45, 7) is 0. The van der Waals surface area contributed by atoms with Crippen LogP contribution >= 0.6 is 0 Å². The third-order valence-electron chi connectivity index (χ3n) is 3.31. The second kappa shape index (κ2) is 8.53. The fourth-order valence-electron chi connectivity index (χ4n) is 1.99. The van der Waals surface area contributed by atoms with Crippen molar-refractivity contribution in [1.82, 2.24) is 0 Å². The zero-order chi connectivity index (χ0) is 17.4. The van der Waals surface area contributed by atoms with Gasteiger partial charge in [-0.1, -0.05) is 36.4 Å². The monoisotopic (exact) mass is 325 g/mol. The molecule has 2 aromatic carbocycles. The van der Waals surface area contributed by atoms with Gasteiger partial charge in [0.05, 0.1) is 14.2 Å². The van der Waals surface area contributed by atoms with E-state index >= 15 is 0 Å². The van der Waals surface area contributed by atoms with Gasteiger partial charge in [-0.25, -0.2) is 0 Å². The fourth-order valence-corrected chi connectivity index (χ4v) is 1.99. The van der Waals surface area contributed by atoms with Crippen molar-refractivity contribution >= 4 is 29.7 Å². The quantitative estimate of drug-likeness (QED) is 0.502. The molecule has 2 aromatic rings. The van der Waals surface area contributed by atoms with Crippen molar-refractivity contribution in [3.05, 3.63) is 59.7 Å². The van der Waals surface area contributed by atoms with Crippen LogP contribution in [0.1, 0.15) is 17.5 Å². The third kappa shape index (κ3) is 5.28. The summed E-state index contributed by atoms with van der Waals surface area (Å²) in [6.07, 6.45) is 3.67. The van der Waals surface area contributed by atoms with Gasteiger partial charge in [0.25, 0.3) is 0 Å². The van der Waals surface area contributed by atoms with E-state index in [0.717, 1.165) is 16.9 Å². The van der Waals surface area contributed by atoms with E-state index in [2.05, 4.69) is 10.1 Å². The fraction of sp³-hybridized carbons (Fsp3) is 0.158. The summed E-state index contributed by atoms with van der Waals surface area (Å²) in [6, 6.07) is 15.1. The van der Waals surface area contributed by atoms with Crippen LogP contribution < -0.4 is 10.1 Å².